The second kappa shape index (κ2) is 4.56. The maximum absolute atomic E-state index is 10.9. The number of aromatic nitrogens is 1. The number of nitrogens with zero attached hydrogens (tertiary/aromatic N) is 1. The molecule has 0 saturated heterocycles. The van der Waals surface area contributed by atoms with E-state index in [0.717, 1.165) is 22.8 Å². The lowest BCUT2D eigenvalue weighted by atomic mass is 10.2. The Hall–Kier alpha value is -1.05. The third-order valence-electron chi connectivity index (χ3n) is 2.69. The molecule has 0 aromatic carbocycles. The number of thiazole rings is 1. The summed E-state index contributed by atoms with van der Waals surface area (Å²) in [5.74, 6) is 1.14. The molecule has 0 spiro atoms. The first-order valence-electron chi connectivity index (χ1n) is 5.34. The molecule has 94 valence electrons. The molecule has 2 aromatic rings. The molecular formula is C11H10N2O2S3. The number of hydrogen-bond donors (Lipinski definition) is 2. The number of anilines is 1. The SMILES string of the molecule is Nc1sc(-c2cc3c(s2)CCSC3)nc1C(=O)O. The molecule has 18 heavy (non-hydrogen) atoms. The van der Waals surface area contributed by atoms with Crippen LogP contribution in [-0.2, 0) is 12.2 Å². The number of thioether (sulfide) groups is 1. The van der Waals surface area contributed by atoms with Crippen LogP contribution in [-0.4, -0.2) is 21.8 Å². The Labute approximate surface area is 116 Å². The first-order chi connectivity index (χ1) is 8.65. The van der Waals surface area contributed by atoms with E-state index in [9.17, 15) is 4.79 Å². The van der Waals surface area contributed by atoms with Crippen molar-refractivity contribution in [3.8, 4) is 9.88 Å². The molecule has 3 heterocycles. The summed E-state index contributed by atoms with van der Waals surface area (Å²) in [6.45, 7) is 0. The van der Waals surface area contributed by atoms with Crippen LogP contribution in [0, 0.1) is 0 Å². The van der Waals surface area contributed by atoms with Crippen LogP contribution in [0.15, 0.2) is 6.07 Å². The van der Waals surface area contributed by atoms with Crippen molar-refractivity contribution in [2.45, 2.75) is 12.2 Å². The van der Waals surface area contributed by atoms with Crippen molar-refractivity contribution in [2.24, 2.45) is 0 Å². The van der Waals surface area contributed by atoms with Gasteiger partial charge < -0.3 is 10.8 Å². The molecule has 0 fully saturated rings. The van der Waals surface area contributed by atoms with Crippen LogP contribution in [0.2, 0.25) is 0 Å². The third kappa shape index (κ3) is 2.02. The molecule has 3 N–H and O–H groups in total. The number of carboxylic acid groups (broad SMARTS) is 1. The van der Waals surface area contributed by atoms with Crippen LogP contribution in [0.5, 0.6) is 0 Å². The zero-order valence-electron chi connectivity index (χ0n) is 9.30. The Morgan fingerprint density at radius 3 is 2.94 bits per heavy atom. The second-order valence-corrected chi connectivity index (χ2v) is 7.17. The van der Waals surface area contributed by atoms with E-state index in [1.807, 2.05) is 11.8 Å². The first kappa shape index (κ1) is 12.0. The topological polar surface area (TPSA) is 76.2 Å². The fraction of sp³-hybridized carbons (Fsp3) is 0.273. The standard InChI is InChI=1S/C11H10N2O2S3/c12-9-8(11(14)15)13-10(18-9)7-3-5-4-16-2-1-6(5)17-7/h3H,1-2,4,12H2,(H,14,15). The van der Waals surface area contributed by atoms with Crippen molar-refractivity contribution < 1.29 is 9.90 Å². The van der Waals surface area contributed by atoms with Crippen molar-refractivity contribution >= 4 is 45.4 Å². The molecule has 1 aliphatic rings. The van der Waals surface area contributed by atoms with Crippen LogP contribution in [0.25, 0.3) is 9.88 Å². The van der Waals surface area contributed by atoms with Gasteiger partial charge in [-0.3, -0.25) is 0 Å². The minimum atomic E-state index is -1.06. The minimum Gasteiger partial charge on any atom is -0.476 e. The zero-order valence-corrected chi connectivity index (χ0v) is 11.8. The van der Waals surface area contributed by atoms with E-state index in [1.165, 1.54) is 21.8 Å². The summed E-state index contributed by atoms with van der Waals surface area (Å²) in [6, 6.07) is 2.12. The predicted octanol–water partition coefficient (Wildman–Crippen LogP) is 2.94. The van der Waals surface area contributed by atoms with Crippen molar-refractivity contribution in [2.75, 3.05) is 11.5 Å². The Morgan fingerprint density at radius 2 is 2.28 bits per heavy atom. The van der Waals surface area contributed by atoms with Crippen molar-refractivity contribution in [1.82, 2.24) is 4.98 Å². The molecule has 7 heteroatoms. The molecule has 0 unspecified atom stereocenters. The Bertz CT molecular complexity index is 594. The summed E-state index contributed by atoms with van der Waals surface area (Å²) in [5, 5.41) is 9.95. The molecular weight excluding hydrogens is 288 g/mol. The van der Waals surface area contributed by atoms with Gasteiger partial charge in [-0.25, -0.2) is 9.78 Å². The van der Waals surface area contributed by atoms with Gasteiger partial charge in [-0.1, -0.05) is 11.3 Å². The van der Waals surface area contributed by atoms with E-state index >= 15 is 0 Å². The van der Waals surface area contributed by atoms with Gasteiger partial charge in [0.2, 0.25) is 0 Å². The molecule has 3 rings (SSSR count). The summed E-state index contributed by atoms with van der Waals surface area (Å²) in [5.41, 5.74) is 7.00. The zero-order chi connectivity index (χ0) is 12.7. The molecule has 0 aliphatic carbocycles. The summed E-state index contributed by atoms with van der Waals surface area (Å²) < 4.78 is 0. The fourth-order valence-electron chi connectivity index (χ4n) is 1.84. The molecule has 0 saturated carbocycles. The van der Waals surface area contributed by atoms with Crippen LogP contribution in [0.1, 0.15) is 20.9 Å². The van der Waals surface area contributed by atoms with Gasteiger partial charge in [0.15, 0.2) is 5.69 Å². The molecule has 4 nitrogen and oxygen atoms in total. The highest BCUT2D eigenvalue weighted by Gasteiger charge is 2.20. The monoisotopic (exact) mass is 298 g/mol. The first-order valence-corrected chi connectivity index (χ1v) is 8.13. The Balaban J connectivity index is 2.02. The average Bonchev–Trinajstić information content (AvgIpc) is 2.91. The van der Waals surface area contributed by atoms with Crippen molar-refractivity contribution in [3.05, 3.63) is 22.2 Å². The van der Waals surface area contributed by atoms with Gasteiger partial charge in [-0.05, 0) is 23.8 Å². The largest absolute Gasteiger partial charge is 0.476 e. The Kier molecular flexibility index (Phi) is 3.04. The van der Waals surface area contributed by atoms with Gasteiger partial charge in [0.1, 0.15) is 10.0 Å². The highest BCUT2D eigenvalue weighted by Crippen LogP contribution is 2.39. The molecule has 0 radical (unpaired) electrons. The summed E-state index contributed by atoms with van der Waals surface area (Å²) >= 11 is 4.89. The number of thiophene rings is 1. The summed E-state index contributed by atoms with van der Waals surface area (Å²) in [6.07, 6.45) is 1.09. The highest BCUT2D eigenvalue weighted by molar-refractivity contribution is 7.98. The average molecular weight is 298 g/mol. The predicted molar refractivity (Wildman–Crippen MR) is 76.7 cm³/mol. The highest BCUT2D eigenvalue weighted by atomic mass is 32.2. The Morgan fingerprint density at radius 1 is 1.44 bits per heavy atom. The number of carboxylic acids is 1. The number of hydrogen-bond acceptors (Lipinski definition) is 6. The molecule has 0 atom stereocenters. The van der Waals surface area contributed by atoms with Gasteiger partial charge in [-0.2, -0.15) is 11.8 Å². The number of aromatic carboxylic acids is 1. The van der Waals surface area contributed by atoms with Gasteiger partial charge >= 0.3 is 5.97 Å². The van der Waals surface area contributed by atoms with E-state index < -0.39 is 5.97 Å². The number of fused-ring (bicyclic) bond motifs is 1. The van der Waals surface area contributed by atoms with Gasteiger partial charge in [0.05, 0.1) is 4.88 Å². The van der Waals surface area contributed by atoms with E-state index in [1.54, 1.807) is 11.3 Å². The lowest BCUT2D eigenvalue weighted by Crippen LogP contribution is -2.00. The number of aryl methyl sites for hydroxylation is 1. The number of nitrogens with two attached hydrogens (primary N) is 1. The van der Waals surface area contributed by atoms with Crippen LogP contribution >= 0.6 is 34.4 Å². The van der Waals surface area contributed by atoms with E-state index in [-0.39, 0.29) is 10.7 Å². The fourth-order valence-corrected chi connectivity index (χ4v) is 5.08. The molecule has 1 aliphatic heterocycles. The molecule has 0 amide bonds. The van der Waals surface area contributed by atoms with Crippen LogP contribution in [0.4, 0.5) is 5.00 Å². The lowest BCUT2D eigenvalue weighted by Gasteiger charge is -2.08. The second-order valence-electron chi connectivity index (χ2n) is 3.90. The smallest absolute Gasteiger partial charge is 0.357 e. The number of nitrogen functional groups attached to an aromatic ring is 1. The lowest BCUT2D eigenvalue weighted by molar-refractivity contribution is 0.0692. The number of rotatable bonds is 2. The minimum absolute atomic E-state index is 0.0317. The van der Waals surface area contributed by atoms with Crippen molar-refractivity contribution in [3.63, 3.8) is 0 Å². The summed E-state index contributed by atoms with van der Waals surface area (Å²) in [7, 11) is 0. The van der Waals surface area contributed by atoms with E-state index in [2.05, 4.69) is 11.1 Å². The quantitative estimate of drug-likeness (QED) is 0.891. The van der Waals surface area contributed by atoms with Gasteiger partial charge in [0.25, 0.3) is 0 Å². The number of carbonyl (C=O) groups is 1. The van der Waals surface area contributed by atoms with E-state index in [0.29, 0.717) is 5.01 Å². The summed E-state index contributed by atoms with van der Waals surface area (Å²) in [4.78, 5) is 17.5. The van der Waals surface area contributed by atoms with Gasteiger partial charge in [0, 0.05) is 10.6 Å². The maximum atomic E-state index is 10.9. The van der Waals surface area contributed by atoms with Crippen LogP contribution in [0.3, 0.4) is 0 Å². The normalized spacial score (nSPS) is 14.4. The van der Waals surface area contributed by atoms with Crippen LogP contribution < -0.4 is 5.73 Å². The molecule has 0 bridgehead atoms. The van der Waals surface area contributed by atoms with Crippen molar-refractivity contribution in [1.29, 1.82) is 0 Å². The molecule has 2 aromatic heterocycles. The third-order valence-corrected chi connectivity index (χ3v) is 5.99. The van der Waals surface area contributed by atoms with E-state index in [4.69, 9.17) is 10.8 Å². The van der Waals surface area contributed by atoms with Gasteiger partial charge in [-0.15, -0.1) is 11.3 Å². The maximum Gasteiger partial charge on any atom is 0.357 e.